The largest absolute Gasteiger partial charge is 0.409 e. The molecule has 0 bridgehead atoms. The Balaban J connectivity index is 3.03. The summed E-state index contributed by atoms with van der Waals surface area (Å²) in [6.45, 7) is 2.24. The first kappa shape index (κ1) is 15.3. The van der Waals surface area contributed by atoms with Crippen LogP contribution in [0.4, 0.5) is 5.69 Å². The Kier molecular flexibility index (Phi) is 5.13. The van der Waals surface area contributed by atoms with E-state index >= 15 is 0 Å². The Labute approximate surface area is 112 Å². The van der Waals surface area contributed by atoms with Crippen molar-refractivity contribution >= 4 is 21.7 Å². The van der Waals surface area contributed by atoms with E-state index in [2.05, 4.69) is 9.88 Å². The van der Waals surface area contributed by atoms with Crippen LogP contribution in [0.5, 0.6) is 0 Å². The molecule has 0 radical (unpaired) electrons. The van der Waals surface area contributed by atoms with Gasteiger partial charge in [-0.05, 0) is 18.6 Å². The third-order valence-electron chi connectivity index (χ3n) is 2.51. The number of nitrogens with one attached hydrogen (secondary N) is 1. The van der Waals surface area contributed by atoms with Gasteiger partial charge >= 0.3 is 10.2 Å². The Morgan fingerprint density at radius 3 is 2.79 bits per heavy atom. The molecule has 0 aliphatic carbocycles. The summed E-state index contributed by atoms with van der Waals surface area (Å²) < 4.78 is 27.5. The van der Waals surface area contributed by atoms with Gasteiger partial charge in [0.1, 0.15) is 0 Å². The van der Waals surface area contributed by atoms with Crippen LogP contribution in [0.3, 0.4) is 0 Å². The summed E-state index contributed by atoms with van der Waals surface area (Å²) in [5.41, 5.74) is 6.33. The fourth-order valence-electron chi connectivity index (χ4n) is 1.39. The molecule has 0 fully saturated rings. The lowest BCUT2D eigenvalue weighted by Crippen LogP contribution is -2.38. The second-order valence-electron chi connectivity index (χ2n) is 3.90. The second-order valence-corrected chi connectivity index (χ2v) is 5.69. The van der Waals surface area contributed by atoms with E-state index in [1.54, 1.807) is 18.2 Å². The first-order valence-electron chi connectivity index (χ1n) is 5.74. The van der Waals surface area contributed by atoms with Gasteiger partial charge in [0.25, 0.3) is 0 Å². The van der Waals surface area contributed by atoms with Crippen molar-refractivity contribution < 1.29 is 13.6 Å². The molecule has 0 aromatic heterocycles. The monoisotopic (exact) mass is 286 g/mol. The third-order valence-corrected chi connectivity index (χ3v) is 4.01. The van der Waals surface area contributed by atoms with Crippen molar-refractivity contribution in [3.63, 3.8) is 0 Å². The molecule has 0 spiro atoms. The van der Waals surface area contributed by atoms with Crippen LogP contribution in [0.1, 0.15) is 18.9 Å². The average molecular weight is 286 g/mol. The van der Waals surface area contributed by atoms with Crippen LogP contribution in [0.2, 0.25) is 0 Å². The summed E-state index contributed by atoms with van der Waals surface area (Å²) in [7, 11) is -2.15. The van der Waals surface area contributed by atoms with Gasteiger partial charge in [-0.2, -0.15) is 13.1 Å². The zero-order chi connectivity index (χ0) is 14.5. The van der Waals surface area contributed by atoms with E-state index in [0.717, 1.165) is 4.31 Å². The minimum Gasteiger partial charge on any atom is -0.409 e. The van der Waals surface area contributed by atoms with E-state index in [1.165, 1.54) is 13.1 Å². The number of benzene rings is 1. The van der Waals surface area contributed by atoms with Crippen molar-refractivity contribution in [3.05, 3.63) is 29.8 Å². The highest BCUT2D eigenvalue weighted by Gasteiger charge is 2.17. The van der Waals surface area contributed by atoms with Gasteiger partial charge in [-0.15, -0.1) is 0 Å². The smallest absolute Gasteiger partial charge is 0.301 e. The Morgan fingerprint density at radius 2 is 2.21 bits per heavy atom. The maximum Gasteiger partial charge on any atom is 0.301 e. The number of hydrogen-bond acceptors (Lipinski definition) is 4. The van der Waals surface area contributed by atoms with E-state index in [-0.39, 0.29) is 5.84 Å². The van der Waals surface area contributed by atoms with Gasteiger partial charge in [0.15, 0.2) is 5.84 Å². The molecule has 4 N–H and O–H groups in total. The molecule has 0 atom stereocenters. The van der Waals surface area contributed by atoms with Crippen LogP contribution in [0, 0.1) is 0 Å². The Bertz CT molecular complexity index is 557. The summed E-state index contributed by atoms with van der Waals surface area (Å²) in [5, 5.41) is 11.5. The second kappa shape index (κ2) is 6.39. The van der Waals surface area contributed by atoms with E-state index < -0.39 is 10.2 Å². The zero-order valence-corrected chi connectivity index (χ0v) is 11.7. The predicted molar refractivity (Wildman–Crippen MR) is 74.6 cm³/mol. The Hall–Kier alpha value is -1.80. The number of nitrogens with zero attached hydrogens (tertiary/aromatic N) is 2. The fourth-order valence-corrected chi connectivity index (χ4v) is 2.43. The molecule has 1 aromatic carbocycles. The SMILES string of the molecule is CCCNS(=O)(=O)N(C)c1cccc(/C(N)=N/O)c1. The molecule has 0 heterocycles. The lowest BCUT2D eigenvalue weighted by atomic mass is 10.2. The van der Waals surface area contributed by atoms with Gasteiger partial charge in [0, 0.05) is 19.2 Å². The van der Waals surface area contributed by atoms with Gasteiger partial charge in [-0.3, -0.25) is 4.31 Å². The number of oxime groups is 1. The van der Waals surface area contributed by atoms with Crippen LogP contribution in [0.15, 0.2) is 29.4 Å². The third kappa shape index (κ3) is 3.83. The van der Waals surface area contributed by atoms with Crippen molar-refractivity contribution in [1.82, 2.24) is 4.72 Å². The fraction of sp³-hybridized carbons (Fsp3) is 0.364. The topological polar surface area (TPSA) is 108 Å². The molecule has 19 heavy (non-hydrogen) atoms. The summed E-state index contributed by atoms with van der Waals surface area (Å²) in [6, 6.07) is 6.41. The lowest BCUT2D eigenvalue weighted by molar-refractivity contribution is 0.318. The number of rotatable bonds is 6. The highest BCUT2D eigenvalue weighted by atomic mass is 32.2. The van der Waals surface area contributed by atoms with Crippen molar-refractivity contribution in [3.8, 4) is 0 Å². The Morgan fingerprint density at radius 1 is 1.53 bits per heavy atom. The predicted octanol–water partition coefficient (Wildman–Crippen LogP) is 0.462. The van der Waals surface area contributed by atoms with Crippen LogP contribution in [0.25, 0.3) is 0 Å². The highest BCUT2D eigenvalue weighted by molar-refractivity contribution is 7.90. The van der Waals surface area contributed by atoms with Crippen LogP contribution < -0.4 is 14.8 Å². The molecular weight excluding hydrogens is 268 g/mol. The molecule has 1 aromatic rings. The van der Waals surface area contributed by atoms with Crippen LogP contribution >= 0.6 is 0 Å². The van der Waals surface area contributed by atoms with Crippen molar-refractivity contribution in [2.45, 2.75) is 13.3 Å². The molecule has 8 heteroatoms. The van der Waals surface area contributed by atoms with Gasteiger partial charge < -0.3 is 10.9 Å². The van der Waals surface area contributed by atoms with Gasteiger partial charge in [0.2, 0.25) is 0 Å². The molecule has 0 saturated carbocycles. The lowest BCUT2D eigenvalue weighted by Gasteiger charge is -2.20. The molecule has 106 valence electrons. The number of anilines is 1. The average Bonchev–Trinajstić information content (AvgIpc) is 2.43. The molecule has 0 amide bonds. The van der Waals surface area contributed by atoms with Crippen molar-refractivity contribution in [2.75, 3.05) is 17.9 Å². The minimum absolute atomic E-state index is 0.0748. The first-order chi connectivity index (χ1) is 8.92. The minimum atomic E-state index is -3.58. The van der Waals surface area contributed by atoms with E-state index in [0.29, 0.717) is 24.2 Å². The molecule has 0 aliphatic heterocycles. The van der Waals surface area contributed by atoms with Gasteiger partial charge in [-0.25, -0.2) is 0 Å². The van der Waals surface area contributed by atoms with Crippen molar-refractivity contribution in [1.29, 1.82) is 0 Å². The standard InChI is InChI=1S/C11H18N4O3S/c1-3-7-13-19(17,18)15(2)10-6-4-5-9(8-10)11(12)14-16/h4-6,8,13,16H,3,7H2,1-2H3,(H2,12,14). The maximum atomic E-state index is 11.9. The molecular formula is C11H18N4O3S. The number of hydrogen-bond donors (Lipinski definition) is 3. The number of nitrogens with two attached hydrogens (primary N) is 1. The van der Waals surface area contributed by atoms with Crippen molar-refractivity contribution in [2.24, 2.45) is 10.9 Å². The van der Waals surface area contributed by atoms with E-state index in [9.17, 15) is 8.42 Å². The molecule has 0 saturated heterocycles. The summed E-state index contributed by atoms with van der Waals surface area (Å²) in [6.07, 6.45) is 0.706. The summed E-state index contributed by atoms with van der Waals surface area (Å²) in [4.78, 5) is 0. The molecule has 0 unspecified atom stereocenters. The van der Waals surface area contributed by atoms with Crippen LogP contribution in [-0.2, 0) is 10.2 Å². The van der Waals surface area contributed by atoms with E-state index in [1.807, 2.05) is 6.92 Å². The molecule has 0 aliphatic rings. The molecule has 1 rings (SSSR count). The summed E-state index contributed by atoms with van der Waals surface area (Å²) >= 11 is 0. The van der Waals surface area contributed by atoms with Crippen LogP contribution in [-0.4, -0.2) is 33.1 Å². The highest BCUT2D eigenvalue weighted by Crippen LogP contribution is 2.17. The first-order valence-corrected chi connectivity index (χ1v) is 7.18. The maximum absolute atomic E-state index is 11.9. The molecule has 7 nitrogen and oxygen atoms in total. The normalized spacial score (nSPS) is 12.4. The quantitative estimate of drug-likeness (QED) is 0.305. The zero-order valence-electron chi connectivity index (χ0n) is 10.9. The number of amidine groups is 1. The van der Waals surface area contributed by atoms with Gasteiger partial charge in [-0.1, -0.05) is 24.2 Å². The van der Waals surface area contributed by atoms with Gasteiger partial charge in [0.05, 0.1) is 5.69 Å². The summed E-state index contributed by atoms with van der Waals surface area (Å²) in [5.74, 6) is -0.0748. The van der Waals surface area contributed by atoms with E-state index in [4.69, 9.17) is 10.9 Å².